The van der Waals surface area contributed by atoms with E-state index in [0.717, 1.165) is 12.8 Å². The summed E-state index contributed by atoms with van der Waals surface area (Å²) in [4.78, 5) is 10.7. The van der Waals surface area contributed by atoms with Gasteiger partial charge in [0.05, 0.1) is 0 Å². The number of esters is 1. The second-order valence-corrected chi connectivity index (χ2v) is 6.52. The number of allylic oxidation sites excluding steroid dienone is 2. The van der Waals surface area contributed by atoms with Gasteiger partial charge in [-0.05, 0) is 38.5 Å². The van der Waals surface area contributed by atoms with Crippen LogP contribution >= 0.6 is 0 Å². The first-order chi connectivity index (χ1) is 11.2. The number of rotatable bonds is 16. The molecule has 0 spiro atoms. The van der Waals surface area contributed by atoms with Crippen LogP contribution in [0, 0.1) is 0 Å². The van der Waals surface area contributed by atoms with Gasteiger partial charge in [-0.25, -0.2) is 0 Å². The number of hydrogen-bond acceptors (Lipinski definition) is 3. The molecular weight excluding hydrogens is 309 g/mol. The van der Waals surface area contributed by atoms with E-state index < -0.39 is 6.23 Å². The second kappa shape index (κ2) is 21.2. The van der Waals surface area contributed by atoms with Gasteiger partial charge in [-0.3, -0.25) is 10.5 Å². The summed E-state index contributed by atoms with van der Waals surface area (Å²) in [5.74, 6) is -0.287. The van der Waals surface area contributed by atoms with E-state index in [9.17, 15) is 4.79 Å². The van der Waals surface area contributed by atoms with Crippen molar-refractivity contribution in [3.8, 4) is 0 Å². The van der Waals surface area contributed by atoms with E-state index in [1.54, 1.807) is 0 Å². The summed E-state index contributed by atoms with van der Waals surface area (Å²) < 4.78 is 4.90. The van der Waals surface area contributed by atoms with Crippen LogP contribution in [0.25, 0.3) is 0 Å². The van der Waals surface area contributed by atoms with E-state index in [1.807, 2.05) is 0 Å². The predicted octanol–water partition coefficient (Wildman–Crippen LogP) is 5.22. The van der Waals surface area contributed by atoms with Crippen LogP contribution in [0.3, 0.4) is 0 Å². The number of hydrogen-bond donors (Lipinski definition) is 1. The van der Waals surface area contributed by atoms with Gasteiger partial charge >= 0.3 is 35.5 Å². The van der Waals surface area contributed by atoms with Crippen molar-refractivity contribution in [3.63, 3.8) is 0 Å². The molecule has 0 rings (SSSR count). The fourth-order valence-electron chi connectivity index (χ4n) is 2.69. The molecule has 0 fully saturated rings. The van der Waals surface area contributed by atoms with E-state index in [4.69, 9.17) is 10.5 Å². The molecule has 4 heteroatoms. The van der Waals surface area contributed by atoms with Gasteiger partial charge in [-0.1, -0.05) is 70.4 Å². The summed E-state index contributed by atoms with van der Waals surface area (Å²) in [5, 5.41) is 0. The molecule has 0 heterocycles. The molecule has 138 valence electrons. The van der Waals surface area contributed by atoms with Crippen molar-refractivity contribution in [2.24, 2.45) is 5.73 Å². The second-order valence-electron chi connectivity index (χ2n) is 6.52. The van der Waals surface area contributed by atoms with Crippen LogP contribution in [0.1, 0.15) is 104 Å². The number of unbranched alkanes of at least 4 members (excludes halogenated alkanes) is 11. The first-order valence-corrected chi connectivity index (χ1v) is 9.74. The molecule has 0 aliphatic carbocycles. The fourth-order valence-corrected chi connectivity index (χ4v) is 2.69. The molecule has 3 nitrogen and oxygen atoms in total. The van der Waals surface area contributed by atoms with Gasteiger partial charge in [0.1, 0.15) is 0 Å². The van der Waals surface area contributed by atoms with Crippen LogP contribution in [0.15, 0.2) is 12.2 Å². The Morgan fingerprint density at radius 1 is 0.875 bits per heavy atom. The SMILES string of the molecule is CCCCCCCC/C=C\CCCCCCCC(N)OC(C)=O.[NaH]. The number of ether oxygens (including phenoxy) is 1. The molecule has 0 amide bonds. The van der Waals surface area contributed by atoms with Gasteiger partial charge < -0.3 is 4.74 Å². The monoisotopic (exact) mass is 349 g/mol. The standard InChI is InChI=1S/C20H39NO2.Na.H/c1-3-4-5-6-7-8-9-10-11-12-13-14-15-16-17-18-20(21)23-19(2)22;;/h10-11,20H,3-9,12-18,21H2,1-2H3;;/b11-10-;;. The van der Waals surface area contributed by atoms with Crippen LogP contribution in [-0.2, 0) is 9.53 Å². The molecule has 24 heavy (non-hydrogen) atoms. The number of carbonyl (C=O) groups excluding carboxylic acids is 1. The van der Waals surface area contributed by atoms with E-state index in [2.05, 4.69) is 19.1 Å². The van der Waals surface area contributed by atoms with Gasteiger partial charge in [0, 0.05) is 6.92 Å². The zero-order valence-electron chi connectivity index (χ0n) is 15.5. The molecule has 1 atom stereocenters. The van der Waals surface area contributed by atoms with E-state index in [0.29, 0.717) is 0 Å². The Kier molecular flexibility index (Phi) is 23.3. The molecule has 0 aliphatic rings. The van der Waals surface area contributed by atoms with Crippen LogP contribution < -0.4 is 5.73 Å². The fraction of sp³-hybridized carbons (Fsp3) is 0.850. The maximum atomic E-state index is 10.7. The predicted molar refractivity (Wildman–Crippen MR) is 106 cm³/mol. The molecule has 0 radical (unpaired) electrons. The summed E-state index contributed by atoms with van der Waals surface area (Å²) in [6, 6.07) is 0. The molecule has 0 saturated carbocycles. The first-order valence-electron chi connectivity index (χ1n) is 9.74. The molecule has 0 aromatic heterocycles. The van der Waals surface area contributed by atoms with Crippen LogP contribution in [0.4, 0.5) is 0 Å². The van der Waals surface area contributed by atoms with Crippen molar-refractivity contribution in [2.75, 3.05) is 0 Å². The molecule has 1 unspecified atom stereocenters. The van der Waals surface area contributed by atoms with Crippen molar-refractivity contribution < 1.29 is 9.53 Å². The molecule has 2 N–H and O–H groups in total. The van der Waals surface area contributed by atoms with E-state index in [-0.39, 0.29) is 35.5 Å². The third-order valence-corrected chi connectivity index (χ3v) is 4.07. The van der Waals surface area contributed by atoms with Gasteiger partial charge in [0.15, 0.2) is 6.23 Å². The Balaban J connectivity index is 0. The molecule has 0 bridgehead atoms. The first kappa shape index (κ1) is 26.4. The Morgan fingerprint density at radius 3 is 1.83 bits per heavy atom. The molecular formula is C20H40NNaO2. The Labute approximate surface area is 172 Å². The van der Waals surface area contributed by atoms with Gasteiger partial charge in [-0.15, -0.1) is 0 Å². The van der Waals surface area contributed by atoms with Crippen molar-refractivity contribution in [3.05, 3.63) is 12.2 Å². The Morgan fingerprint density at radius 2 is 1.33 bits per heavy atom. The topological polar surface area (TPSA) is 52.3 Å². The van der Waals surface area contributed by atoms with Crippen molar-refractivity contribution >= 4 is 35.5 Å². The average molecular weight is 350 g/mol. The minimum atomic E-state index is -0.419. The summed E-state index contributed by atoms with van der Waals surface area (Å²) in [7, 11) is 0. The maximum absolute atomic E-state index is 10.7. The third kappa shape index (κ3) is 22.2. The Hall–Kier alpha value is 0.170. The van der Waals surface area contributed by atoms with Gasteiger partial charge in [0.2, 0.25) is 0 Å². The number of nitrogens with two attached hydrogens (primary N) is 1. The normalized spacial score (nSPS) is 12.1. The molecule has 0 aromatic rings. The summed E-state index contributed by atoms with van der Waals surface area (Å²) in [6.45, 7) is 3.67. The molecule has 0 aromatic carbocycles. The quantitative estimate of drug-likeness (QED) is 0.137. The minimum absolute atomic E-state index is 0. The summed E-state index contributed by atoms with van der Waals surface area (Å²) >= 11 is 0. The van der Waals surface area contributed by atoms with E-state index in [1.165, 1.54) is 84.0 Å². The van der Waals surface area contributed by atoms with Gasteiger partial charge in [-0.2, -0.15) is 0 Å². The van der Waals surface area contributed by atoms with Crippen molar-refractivity contribution in [2.45, 2.75) is 110 Å². The zero-order chi connectivity index (χ0) is 17.2. The number of carbonyl (C=O) groups is 1. The van der Waals surface area contributed by atoms with E-state index >= 15 is 0 Å². The zero-order valence-corrected chi connectivity index (χ0v) is 15.5. The third-order valence-electron chi connectivity index (χ3n) is 4.07. The van der Waals surface area contributed by atoms with Crippen molar-refractivity contribution in [1.29, 1.82) is 0 Å². The van der Waals surface area contributed by atoms with Crippen molar-refractivity contribution in [1.82, 2.24) is 0 Å². The summed E-state index contributed by atoms with van der Waals surface area (Å²) in [5.41, 5.74) is 5.68. The summed E-state index contributed by atoms with van der Waals surface area (Å²) in [6.07, 6.45) is 21.8. The Bertz CT molecular complexity index is 295. The van der Waals surface area contributed by atoms with Gasteiger partial charge in [0.25, 0.3) is 0 Å². The van der Waals surface area contributed by atoms with Crippen LogP contribution in [0.5, 0.6) is 0 Å². The van der Waals surface area contributed by atoms with Crippen LogP contribution in [-0.4, -0.2) is 41.8 Å². The molecule has 0 saturated heterocycles. The van der Waals surface area contributed by atoms with Crippen LogP contribution in [0.2, 0.25) is 0 Å². The molecule has 0 aliphatic heterocycles. The average Bonchev–Trinajstić information content (AvgIpc) is 2.50.